The highest BCUT2D eigenvalue weighted by molar-refractivity contribution is 5.98. The maximum atomic E-state index is 14.8. The normalized spacial score (nSPS) is 37.0. The van der Waals surface area contributed by atoms with Gasteiger partial charge in [-0.25, -0.2) is 0 Å². The Hall–Kier alpha value is -4.44. The van der Waals surface area contributed by atoms with Gasteiger partial charge in [0.2, 0.25) is 0 Å². The molecule has 0 bridgehead atoms. The summed E-state index contributed by atoms with van der Waals surface area (Å²) in [6.07, 6.45) is -5.48. The maximum Gasteiger partial charge on any atom is 0.308 e. The molecular weight excluding hydrogens is 905 g/mol. The van der Waals surface area contributed by atoms with Crippen molar-refractivity contribution in [2.75, 3.05) is 34.9 Å². The van der Waals surface area contributed by atoms with Gasteiger partial charge in [0.25, 0.3) is 0 Å². The van der Waals surface area contributed by atoms with Crippen molar-refractivity contribution < 1.29 is 67.9 Å². The number of hydrogen-bond acceptors (Lipinski definition) is 17. The van der Waals surface area contributed by atoms with Gasteiger partial charge in [0.15, 0.2) is 18.4 Å². The molecule has 1 saturated carbocycles. The number of carbonyl (C=O) groups is 2. The molecule has 8 unspecified atom stereocenters. The lowest BCUT2D eigenvalue weighted by Gasteiger charge is -2.46. The standard InChI is InChI=1S/C52H72N4O14/c1-10-40-34(27-65-52-50(64-9)49(63-8)46(61)31(5)67-52)22-28(2)23-37-42(39(57)25-41(58)69-40)48(70-51-47(62)43(55(6)7)45(60)30(4)66-51)33(24-29(3)44(37)59)20-21-56-26-38(53-54-56)32-16-18-36(19-17-32)68-35-14-12-11-13-15-35/h11-19,22-23,26,29-31,33-34,39-40,42-43,45-52,57,60-62H,10,20-21,24-25,27H2,1-9H3/b28-22+,37-23+/t29-,30-,31?,33+,34-,39-,40-,42+,43?,45?,46?,47?,48+,49?,50?,51+,52?/m1/s1. The molecule has 18 nitrogen and oxygen atoms in total. The maximum absolute atomic E-state index is 14.8. The number of nitrogens with zero attached hydrogens (tertiary/aromatic N) is 4. The minimum Gasteiger partial charge on any atom is -0.462 e. The zero-order valence-electron chi connectivity index (χ0n) is 41.6. The van der Waals surface area contributed by atoms with Crippen molar-refractivity contribution in [2.24, 2.45) is 23.7 Å². The molecule has 0 radical (unpaired) electrons. The SMILES string of the molecule is CC[C@H]1OC(=O)C[C@@H](O)[C@@H]2/C(=C\C(C)=C\[C@@H]1COC1OC(C)C(O)C(OC)C1OC)C(=O)[C@H](C)C[C@H](CCn1cc(-c3ccc(Oc4ccccc4)cc3)nn1)[C@@H]2O[C@@H]1O[C@H](C)C(O)C(N(C)C)C1O. The summed E-state index contributed by atoms with van der Waals surface area (Å²) >= 11 is 0. The summed E-state index contributed by atoms with van der Waals surface area (Å²) in [5, 5.41) is 55.0. The average molecular weight is 977 g/mol. The third kappa shape index (κ3) is 12.2. The predicted molar refractivity (Wildman–Crippen MR) is 255 cm³/mol. The number of likely N-dealkylation sites (N-methyl/N-ethyl adjacent to an activating group) is 1. The third-order valence-electron chi connectivity index (χ3n) is 14.2. The Kier molecular flexibility index (Phi) is 18.2. The highest BCUT2D eigenvalue weighted by Crippen LogP contribution is 2.42. The minimum atomic E-state index is -1.48. The lowest BCUT2D eigenvalue weighted by atomic mass is 9.79. The van der Waals surface area contributed by atoms with E-state index in [1.807, 2.05) is 87.6 Å². The number of carbonyl (C=O) groups excluding carboxylic acids is 2. The molecule has 3 fully saturated rings. The summed E-state index contributed by atoms with van der Waals surface area (Å²) in [5.74, 6) is -2.17. The molecule has 3 aliphatic heterocycles. The molecular formula is C52H72N4O14. The first-order valence-corrected chi connectivity index (χ1v) is 24.4. The third-order valence-corrected chi connectivity index (χ3v) is 14.2. The molecule has 3 aromatic rings. The Morgan fingerprint density at radius 2 is 1.51 bits per heavy atom. The second-order valence-electron chi connectivity index (χ2n) is 19.4. The van der Waals surface area contributed by atoms with E-state index in [1.54, 1.807) is 43.6 Å². The summed E-state index contributed by atoms with van der Waals surface area (Å²) < 4.78 is 50.6. The van der Waals surface area contributed by atoms with Crippen molar-refractivity contribution in [2.45, 2.75) is 147 Å². The minimum absolute atomic E-state index is 0.00614. The van der Waals surface area contributed by atoms with Gasteiger partial charge < -0.3 is 63.2 Å². The van der Waals surface area contributed by atoms with Crippen molar-refractivity contribution in [1.82, 2.24) is 19.9 Å². The van der Waals surface area contributed by atoms with Crippen LogP contribution in [0, 0.1) is 23.7 Å². The van der Waals surface area contributed by atoms with Gasteiger partial charge in [-0.2, -0.15) is 0 Å². The lowest BCUT2D eigenvalue weighted by molar-refractivity contribution is -0.304. The summed E-state index contributed by atoms with van der Waals surface area (Å²) in [6, 6.07) is 16.3. The quantitative estimate of drug-likeness (QED) is 0.154. The smallest absolute Gasteiger partial charge is 0.308 e. The molecule has 384 valence electrons. The second kappa shape index (κ2) is 23.9. The number of fused-ring (bicyclic) bond motifs is 1. The van der Waals surface area contributed by atoms with Gasteiger partial charge in [0, 0.05) is 49.7 Å². The van der Waals surface area contributed by atoms with E-state index in [0.717, 1.165) is 11.3 Å². The van der Waals surface area contributed by atoms with Gasteiger partial charge in [-0.15, -0.1) is 5.10 Å². The fraction of sp³-hybridized carbons (Fsp3) is 0.615. The van der Waals surface area contributed by atoms with Gasteiger partial charge in [0.1, 0.15) is 47.7 Å². The molecule has 4 N–H and O–H groups in total. The van der Waals surface area contributed by atoms with Crippen LogP contribution in [-0.2, 0) is 49.3 Å². The number of methoxy groups -OCH3 is 2. The molecule has 4 heterocycles. The van der Waals surface area contributed by atoms with Crippen LogP contribution >= 0.6 is 0 Å². The van der Waals surface area contributed by atoms with Gasteiger partial charge in [-0.3, -0.25) is 14.3 Å². The van der Waals surface area contributed by atoms with Crippen LogP contribution in [0.25, 0.3) is 11.3 Å². The van der Waals surface area contributed by atoms with Crippen molar-refractivity contribution in [3.8, 4) is 22.8 Å². The molecule has 1 aliphatic carbocycles. The fourth-order valence-electron chi connectivity index (χ4n) is 10.5. The van der Waals surface area contributed by atoms with E-state index in [4.69, 9.17) is 37.9 Å². The number of Topliss-reactive ketones (excluding diaryl/α,β-unsaturated/α-hetero) is 1. The highest BCUT2D eigenvalue weighted by Gasteiger charge is 2.51. The van der Waals surface area contributed by atoms with E-state index >= 15 is 0 Å². The molecule has 0 spiro atoms. The summed E-state index contributed by atoms with van der Waals surface area (Å²) in [4.78, 5) is 30.6. The van der Waals surface area contributed by atoms with Crippen molar-refractivity contribution in [3.63, 3.8) is 0 Å². The van der Waals surface area contributed by atoms with E-state index in [1.165, 1.54) is 14.2 Å². The van der Waals surface area contributed by atoms with Gasteiger partial charge in [-0.05, 0) is 96.4 Å². The fourth-order valence-corrected chi connectivity index (χ4v) is 10.5. The van der Waals surface area contributed by atoms with Gasteiger partial charge in [-0.1, -0.05) is 55.0 Å². The zero-order chi connectivity index (χ0) is 50.4. The van der Waals surface area contributed by atoms with Crippen molar-refractivity contribution in [1.29, 1.82) is 0 Å². The lowest BCUT2D eigenvalue weighted by Crippen LogP contribution is -2.63. The molecule has 4 aliphatic rings. The molecule has 2 aromatic carbocycles. The molecule has 1 aromatic heterocycles. The summed E-state index contributed by atoms with van der Waals surface area (Å²) in [6.45, 7) is 9.33. The number of esters is 1. The van der Waals surface area contributed by atoms with Crippen LogP contribution in [0.5, 0.6) is 11.5 Å². The molecule has 70 heavy (non-hydrogen) atoms. The number of hydrogen-bond donors (Lipinski definition) is 4. The number of rotatable bonds is 15. The van der Waals surface area contributed by atoms with Crippen LogP contribution in [0.2, 0.25) is 0 Å². The van der Waals surface area contributed by atoms with E-state index in [0.29, 0.717) is 42.8 Å². The first kappa shape index (κ1) is 53.4. The topological polar surface area (TPSA) is 223 Å². The number of allylic oxidation sites excluding steroid dienone is 2. The first-order chi connectivity index (χ1) is 33.5. The number of aliphatic hydroxyl groups is 4. The van der Waals surface area contributed by atoms with Crippen LogP contribution in [0.1, 0.15) is 60.3 Å². The van der Waals surface area contributed by atoms with Crippen LogP contribution in [0.3, 0.4) is 0 Å². The molecule has 2 saturated heterocycles. The monoisotopic (exact) mass is 977 g/mol. The Balaban J connectivity index is 1.21. The molecule has 0 amide bonds. The number of benzene rings is 2. The summed E-state index contributed by atoms with van der Waals surface area (Å²) in [7, 11) is 6.45. The van der Waals surface area contributed by atoms with E-state index in [-0.39, 0.29) is 18.0 Å². The number of aliphatic hydroxyl groups excluding tert-OH is 4. The van der Waals surface area contributed by atoms with Crippen LogP contribution < -0.4 is 4.74 Å². The van der Waals surface area contributed by atoms with Crippen LogP contribution in [0.15, 0.2) is 84.1 Å². The van der Waals surface area contributed by atoms with Crippen molar-refractivity contribution >= 4 is 11.8 Å². The van der Waals surface area contributed by atoms with Gasteiger partial charge in [0.05, 0.1) is 55.8 Å². The number of cyclic esters (lactones) is 1. The Morgan fingerprint density at radius 1 is 0.843 bits per heavy atom. The number of aromatic nitrogens is 3. The molecule has 18 heteroatoms. The number of ether oxygens (including phenoxy) is 8. The number of ketones is 1. The van der Waals surface area contributed by atoms with Gasteiger partial charge >= 0.3 is 5.97 Å². The Morgan fingerprint density at radius 3 is 2.19 bits per heavy atom. The first-order valence-electron chi connectivity index (χ1n) is 24.4. The molecule has 7 rings (SSSR count). The Labute approximate surface area is 410 Å². The van der Waals surface area contributed by atoms with Crippen molar-refractivity contribution in [3.05, 3.63) is 84.1 Å². The summed E-state index contributed by atoms with van der Waals surface area (Å²) in [5.41, 5.74) is 2.38. The largest absolute Gasteiger partial charge is 0.462 e. The predicted octanol–water partition coefficient (Wildman–Crippen LogP) is 4.48. The second-order valence-corrected chi connectivity index (χ2v) is 19.4. The van der Waals surface area contributed by atoms with Crippen LogP contribution in [0.4, 0.5) is 0 Å². The highest BCUT2D eigenvalue weighted by atomic mass is 16.7. The van der Waals surface area contributed by atoms with E-state index in [9.17, 15) is 30.0 Å². The zero-order valence-corrected chi connectivity index (χ0v) is 41.6. The number of aryl methyl sites for hydroxylation is 1. The number of para-hydroxylation sites is 1. The molecule has 17 atom stereocenters. The Bertz CT molecular complexity index is 2240. The average Bonchev–Trinajstić information content (AvgIpc) is 3.78. The van der Waals surface area contributed by atoms with Crippen LogP contribution in [-0.4, -0.2) is 167 Å². The van der Waals surface area contributed by atoms with E-state index in [2.05, 4.69) is 10.3 Å². The van der Waals surface area contributed by atoms with E-state index < -0.39 is 116 Å².